The Balaban J connectivity index is 2.03. The highest BCUT2D eigenvalue weighted by Crippen LogP contribution is 2.25. The van der Waals surface area contributed by atoms with Gasteiger partial charge in [-0.25, -0.2) is 18.0 Å². The van der Waals surface area contributed by atoms with Gasteiger partial charge in [-0.1, -0.05) is 11.3 Å². The van der Waals surface area contributed by atoms with E-state index in [1.165, 1.54) is 0 Å². The fourth-order valence-corrected chi connectivity index (χ4v) is 2.37. The molecule has 11 heteroatoms. The van der Waals surface area contributed by atoms with Crippen molar-refractivity contribution in [1.82, 2.24) is 0 Å². The highest BCUT2D eigenvalue weighted by atomic mass is 32.1. The number of hydrogen-bond acceptors (Lipinski definition) is 6. The van der Waals surface area contributed by atoms with Gasteiger partial charge in [0.05, 0.1) is 10.6 Å². The molecule has 1 atom stereocenters. The van der Waals surface area contributed by atoms with E-state index in [2.05, 4.69) is 0 Å². The van der Waals surface area contributed by atoms with Crippen molar-refractivity contribution < 1.29 is 32.4 Å². The molecule has 1 N–H and O–H groups in total. The second-order valence-electron chi connectivity index (χ2n) is 4.65. The number of benzene rings is 1. The summed E-state index contributed by atoms with van der Waals surface area (Å²) in [5.74, 6) is -6.76. The van der Waals surface area contributed by atoms with E-state index >= 15 is 0 Å². The summed E-state index contributed by atoms with van der Waals surface area (Å²) in [7, 11) is 0. The molecule has 0 fully saturated rings. The van der Waals surface area contributed by atoms with Gasteiger partial charge < -0.3 is 10.1 Å². The molecular weight excluding hydrogens is 365 g/mol. The Morgan fingerprint density at radius 2 is 1.88 bits per heavy atom. The molecule has 0 aliphatic heterocycles. The van der Waals surface area contributed by atoms with Crippen LogP contribution in [0.2, 0.25) is 0 Å². The summed E-state index contributed by atoms with van der Waals surface area (Å²) in [6.07, 6.45) is -1.42. The van der Waals surface area contributed by atoms with Crippen LogP contribution in [0.1, 0.15) is 16.6 Å². The Labute approximate surface area is 142 Å². The smallest absolute Gasteiger partial charge is 0.349 e. The number of rotatable bonds is 5. The van der Waals surface area contributed by atoms with Crippen molar-refractivity contribution in [1.29, 1.82) is 0 Å². The molecule has 25 heavy (non-hydrogen) atoms. The first-order valence-corrected chi connectivity index (χ1v) is 7.42. The normalized spacial score (nSPS) is 11.7. The molecule has 1 aromatic heterocycles. The molecule has 7 nitrogen and oxygen atoms in total. The summed E-state index contributed by atoms with van der Waals surface area (Å²) < 4.78 is 44.2. The van der Waals surface area contributed by atoms with Crippen molar-refractivity contribution >= 4 is 33.9 Å². The largest absolute Gasteiger partial charge is 0.448 e. The summed E-state index contributed by atoms with van der Waals surface area (Å²) in [6, 6.07) is 3.69. The molecule has 1 aromatic carbocycles. The molecule has 1 heterocycles. The number of carbonyl (C=O) groups excluding carboxylic acids is 2. The minimum absolute atomic E-state index is 0.106. The van der Waals surface area contributed by atoms with Crippen LogP contribution < -0.4 is 5.32 Å². The van der Waals surface area contributed by atoms with Crippen LogP contribution in [0.5, 0.6) is 0 Å². The zero-order chi connectivity index (χ0) is 18.7. The van der Waals surface area contributed by atoms with Crippen LogP contribution in [-0.4, -0.2) is 22.9 Å². The summed E-state index contributed by atoms with van der Waals surface area (Å²) in [6.45, 7) is 1.16. The molecule has 0 bridgehead atoms. The number of anilines is 1. The number of thiophene rings is 1. The Bertz CT molecular complexity index is 855. The summed E-state index contributed by atoms with van der Waals surface area (Å²) in [4.78, 5) is 33.4. The van der Waals surface area contributed by atoms with Gasteiger partial charge in [0, 0.05) is 6.07 Å². The fourth-order valence-electron chi connectivity index (χ4n) is 1.66. The molecule has 0 saturated heterocycles. The molecular formula is C14H9F3N2O5S. The maximum absolute atomic E-state index is 13.5. The molecule has 1 amide bonds. The topological polar surface area (TPSA) is 98.5 Å². The first-order valence-electron chi connectivity index (χ1n) is 6.60. The summed E-state index contributed by atoms with van der Waals surface area (Å²) >= 11 is 0.556. The van der Waals surface area contributed by atoms with Crippen LogP contribution in [0.3, 0.4) is 0 Å². The number of nitro groups is 1. The first kappa shape index (κ1) is 18.4. The third-order valence-electron chi connectivity index (χ3n) is 2.92. The SMILES string of the molecule is C[C@@H](OC(=O)c1ccc([N+](=O)[O-])s1)C(=O)Nc1ccc(F)c(F)c1F. The number of amides is 1. The fraction of sp³-hybridized carbons (Fsp3) is 0.143. The number of hydrogen-bond donors (Lipinski definition) is 1. The monoisotopic (exact) mass is 374 g/mol. The Morgan fingerprint density at radius 3 is 2.48 bits per heavy atom. The molecule has 0 saturated carbocycles. The summed E-state index contributed by atoms with van der Waals surface area (Å²) in [5, 5.41) is 12.2. The van der Waals surface area contributed by atoms with Gasteiger partial charge >= 0.3 is 11.0 Å². The quantitative estimate of drug-likeness (QED) is 0.375. The van der Waals surface area contributed by atoms with Gasteiger partial charge in [-0.2, -0.15) is 0 Å². The Kier molecular flexibility index (Phi) is 5.37. The first-order chi connectivity index (χ1) is 11.7. The van der Waals surface area contributed by atoms with Crippen LogP contribution in [0.25, 0.3) is 0 Å². The molecule has 0 spiro atoms. The van der Waals surface area contributed by atoms with Crippen molar-refractivity contribution in [3.8, 4) is 0 Å². The van der Waals surface area contributed by atoms with Gasteiger partial charge in [-0.05, 0) is 25.1 Å². The van der Waals surface area contributed by atoms with Gasteiger partial charge in [-0.3, -0.25) is 14.9 Å². The average molecular weight is 374 g/mol. The van der Waals surface area contributed by atoms with E-state index in [4.69, 9.17) is 4.74 Å². The lowest BCUT2D eigenvalue weighted by Crippen LogP contribution is -2.30. The number of carbonyl (C=O) groups is 2. The van der Waals surface area contributed by atoms with E-state index in [9.17, 15) is 32.9 Å². The van der Waals surface area contributed by atoms with E-state index < -0.39 is 46.0 Å². The number of halogens is 3. The highest BCUT2D eigenvalue weighted by Gasteiger charge is 2.23. The lowest BCUT2D eigenvalue weighted by molar-refractivity contribution is -0.380. The molecule has 0 unspecified atom stereocenters. The van der Waals surface area contributed by atoms with Crippen molar-refractivity contribution in [3.05, 3.63) is 56.7 Å². The third-order valence-corrected chi connectivity index (χ3v) is 3.94. The second kappa shape index (κ2) is 7.30. The highest BCUT2D eigenvalue weighted by molar-refractivity contribution is 7.17. The zero-order valence-electron chi connectivity index (χ0n) is 12.4. The van der Waals surface area contributed by atoms with Gasteiger partial charge in [-0.15, -0.1) is 0 Å². The average Bonchev–Trinajstić information content (AvgIpc) is 3.05. The second-order valence-corrected chi connectivity index (χ2v) is 5.72. The van der Waals surface area contributed by atoms with Crippen LogP contribution in [0, 0.1) is 27.6 Å². The van der Waals surface area contributed by atoms with Gasteiger partial charge in [0.2, 0.25) is 0 Å². The maximum atomic E-state index is 13.5. The molecule has 0 aliphatic rings. The van der Waals surface area contributed by atoms with Crippen LogP contribution in [0.15, 0.2) is 24.3 Å². The predicted molar refractivity (Wildman–Crippen MR) is 80.8 cm³/mol. The molecule has 2 aromatic rings. The number of esters is 1. The van der Waals surface area contributed by atoms with Gasteiger partial charge in [0.1, 0.15) is 4.88 Å². The minimum atomic E-state index is -1.76. The van der Waals surface area contributed by atoms with Crippen LogP contribution in [0.4, 0.5) is 23.9 Å². The molecule has 0 aliphatic carbocycles. The van der Waals surface area contributed by atoms with Crippen molar-refractivity contribution in [2.45, 2.75) is 13.0 Å². The third kappa shape index (κ3) is 4.12. The van der Waals surface area contributed by atoms with Crippen molar-refractivity contribution in [2.24, 2.45) is 0 Å². The zero-order valence-corrected chi connectivity index (χ0v) is 13.2. The summed E-state index contributed by atoms with van der Waals surface area (Å²) in [5.41, 5.74) is -0.626. The number of ether oxygens (including phenoxy) is 1. The lowest BCUT2D eigenvalue weighted by atomic mass is 10.2. The molecule has 0 radical (unpaired) electrons. The van der Waals surface area contributed by atoms with Gasteiger partial charge in [0.25, 0.3) is 5.91 Å². The van der Waals surface area contributed by atoms with Crippen LogP contribution >= 0.6 is 11.3 Å². The number of nitrogens with zero attached hydrogens (tertiary/aromatic N) is 1. The van der Waals surface area contributed by atoms with E-state index in [1.807, 2.05) is 5.32 Å². The predicted octanol–water partition coefficient (Wildman–Crippen LogP) is 3.26. The van der Waals surface area contributed by atoms with E-state index in [1.54, 1.807) is 0 Å². The molecule has 2 rings (SSSR count). The van der Waals surface area contributed by atoms with E-state index in [0.29, 0.717) is 17.4 Å². The minimum Gasteiger partial charge on any atom is -0.448 e. The van der Waals surface area contributed by atoms with E-state index in [-0.39, 0.29) is 9.88 Å². The Morgan fingerprint density at radius 1 is 1.20 bits per heavy atom. The van der Waals surface area contributed by atoms with Crippen LogP contribution in [-0.2, 0) is 9.53 Å². The van der Waals surface area contributed by atoms with Gasteiger partial charge in [0.15, 0.2) is 23.6 Å². The van der Waals surface area contributed by atoms with E-state index in [0.717, 1.165) is 25.1 Å². The van der Waals surface area contributed by atoms with Crippen molar-refractivity contribution in [2.75, 3.05) is 5.32 Å². The number of nitrogens with one attached hydrogen (secondary N) is 1. The lowest BCUT2D eigenvalue weighted by Gasteiger charge is -2.13. The van der Waals surface area contributed by atoms with Crippen molar-refractivity contribution in [3.63, 3.8) is 0 Å². The Hall–Kier alpha value is -2.95. The standard InChI is InChI=1S/C14H9F3N2O5S/c1-6(24-14(21)9-4-5-10(25-9)19(22)23)13(20)18-8-3-2-7(15)11(16)12(8)17/h2-6H,1H3,(H,18,20)/t6-/m1/s1. The maximum Gasteiger partial charge on any atom is 0.349 e. The molecule has 132 valence electrons.